The second kappa shape index (κ2) is 14.9. The zero-order valence-corrected chi connectivity index (χ0v) is 24.0. The molecule has 1 aromatic carbocycles. The Labute approximate surface area is 236 Å². The van der Waals surface area contributed by atoms with E-state index >= 15 is 0 Å². The first-order valence-electron chi connectivity index (χ1n) is 13.1. The third kappa shape index (κ3) is 7.68. The number of ether oxygens (including phenoxy) is 1. The van der Waals surface area contributed by atoms with Gasteiger partial charge in [0, 0.05) is 24.8 Å². The van der Waals surface area contributed by atoms with Crippen molar-refractivity contribution in [3.8, 4) is 5.75 Å². The van der Waals surface area contributed by atoms with Gasteiger partial charge in [-0.25, -0.2) is 4.99 Å². The van der Waals surface area contributed by atoms with Crippen molar-refractivity contribution in [2.45, 2.75) is 97.0 Å². The Hall–Kier alpha value is -1.64. The van der Waals surface area contributed by atoms with Crippen LogP contribution in [0.3, 0.4) is 0 Å². The first-order valence-corrected chi connectivity index (χ1v) is 13.1. The SMILES string of the molecule is CCCCCCCCN(CCCCCCCC)c1ccc2c(c1)OC(F)(F)C1=N/C(=C/[O-])C(=O)N12.[Na+]. The minimum Gasteiger partial charge on any atom is -0.876 e. The standard InChI is InChI=1S/C27H39F2N3O3.Na/c1-3-5-7-9-11-13-17-31(18-14-12-10-8-6-4-2)21-15-16-23-24(19-21)35-27(28,29)26-30-22(20-33)25(34)32(23)26;/h15-16,19-20,33H,3-14,17-18H2,1-2H3;/q;+1/p-1/b22-20+;. The van der Waals surface area contributed by atoms with Crippen LogP contribution in [0.15, 0.2) is 35.2 Å². The van der Waals surface area contributed by atoms with Crippen molar-refractivity contribution in [2.24, 2.45) is 4.99 Å². The average molecular weight is 514 g/mol. The maximum Gasteiger partial charge on any atom is 1.00 e. The van der Waals surface area contributed by atoms with E-state index in [0.717, 1.165) is 49.4 Å². The largest absolute Gasteiger partial charge is 1.00 e. The third-order valence-electron chi connectivity index (χ3n) is 6.58. The predicted octanol–water partition coefficient (Wildman–Crippen LogP) is 3.15. The van der Waals surface area contributed by atoms with Gasteiger partial charge in [-0.3, -0.25) is 9.69 Å². The van der Waals surface area contributed by atoms with Crippen molar-refractivity contribution in [2.75, 3.05) is 22.9 Å². The number of amides is 1. The Morgan fingerprint density at radius 1 is 0.972 bits per heavy atom. The van der Waals surface area contributed by atoms with Crippen LogP contribution in [0.1, 0.15) is 90.9 Å². The van der Waals surface area contributed by atoms with E-state index in [0.29, 0.717) is 0 Å². The van der Waals surface area contributed by atoms with Gasteiger partial charge < -0.3 is 14.7 Å². The van der Waals surface area contributed by atoms with Crippen LogP contribution >= 0.6 is 0 Å². The van der Waals surface area contributed by atoms with Crippen LogP contribution < -0.4 is 49.2 Å². The van der Waals surface area contributed by atoms with E-state index in [4.69, 9.17) is 4.74 Å². The molecule has 0 N–H and O–H groups in total. The fraction of sp³-hybridized carbons (Fsp3) is 0.630. The Kier molecular flexibility index (Phi) is 12.7. The van der Waals surface area contributed by atoms with E-state index in [1.807, 2.05) is 6.07 Å². The number of amidine groups is 1. The number of benzene rings is 1. The van der Waals surface area contributed by atoms with Crippen LogP contribution in [0.25, 0.3) is 0 Å². The number of nitrogens with zero attached hydrogens (tertiary/aromatic N) is 3. The smallest absolute Gasteiger partial charge is 0.876 e. The molecule has 0 unspecified atom stereocenters. The molecule has 6 nitrogen and oxygen atoms in total. The summed E-state index contributed by atoms with van der Waals surface area (Å²) in [6, 6.07) is 5.03. The quantitative estimate of drug-likeness (QED) is 0.156. The summed E-state index contributed by atoms with van der Waals surface area (Å²) in [5.41, 5.74) is 0.431. The molecule has 2 aliphatic rings. The average Bonchev–Trinajstić information content (AvgIpc) is 3.19. The molecule has 9 heteroatoms. The Morgan fingerprint density at radius 3 is 2.08 bits per heavy atom. The maximum absolute atomic E-state index is 14.7. The molecule has 2 aliphatic heterocycles. The van der Waals surface area contributed by atoms with Crippen molar-refractivity contribution >= 4 is 23.1 Å². The molecule has 0 spiro atoms. The Balaban J connectivity index is 0.00000456. The van der Waals surface area contributed by atoms with Crippen molar-refractivity contribution in [1.29, 1.82) is 0 Å². The zero-order chi connectivity index (χ0) is 25.3. The summed E-state index contributed by atoms with van der Waals surface area (Å²) in [4.78, 5) is 19.0. The van der Waals surface area contributed by atoms with Gasteiger partial charge in [0.1, 0.15) is 5.70 Å². The van der Waals surface area contributed by atoms with Gasteiger partial charge in [-0.05, 0) is 25.0 Å². The van der Waals surface area contributed by atoms with Gasteiger partial charge in [-0.1, -0.05) is 78.1 Å². The summed E-state index contributed by atoms with van der Waals surface area (Å²) in [6.07, 6.45) is 10.5. The maximum atomic E-state index is 14.7. The van der Waals surface area contributed by atoms with Crippen LogP contribution in [-0.2, 0) is 4.79 Å². The van der Waals surface area contributed by atoms with Crippen molar-refractivity contribution in [3.05, 3.63) is 30.2 Å². The number of hydrogen-bond acceptors (Lipinski definition) is 5. The molecular weight excluding hydrogens is 475 g/mol. The van der Waals surface area contributed by atoms with Crippen LogP contribution in [-0.4, -0.2) is 30.9 Å². The van der Waals surface area contributed by atoms with Crippen molar-refractivity contribution < 1.29 is 53.0 Å². The van der Waals surface area contributed by atoms with E-state index in [2.05, 4.69) is 23.7 Å². The van der Waals surface area contributed by atoms with Crippen molar-refractivity contribution in [1.82, 2.24) is 0 Å². The second-order valence-electron chi connectivity index (χ2n) is 9.37. The van der Waals surface area contributed by atoms with E-state index in [-0.39, 0.29) is 47.3 Å². The van der Waals surface area contributed by atoms with E-state index in [9.17, 15) is 18.7 Å². The van der Waals surface area contributed by atoms with Crippen LogP contribution in [0, 0.1) is 0 Å². The molecule has 0 fully saturated rings. The number of carbonyl (C=O) groups is 1. The molecular formula is C27H38F2N3NaO3. The van der Waals surface area contributed by atoms with Crippen LogP contribution in [0.4, 0.5) is 20.2 Å². The fourth-order valence-electron chi connectivity index (χ4n) is 4.60. The number of alkyl halides is 2. The minimum atomic E-state index is -3.80. The summed E-state index contributed by atoms with van der Waals surface area (Å²) in [7, 11) is 0. The number of unbranched alkanes of at least 4 members (excludes halogenated alkanes) is 10. The van der Waals surface area contributed by atoms with Crippen LogP contribution in [0.5, 0.6) is 5.75 Å². The molecule has 2 heterocycles. The van der Waals surface area contributed by atoms with Gasteiger partial charge >= 0.3 is 35.7 Å². The van der Waals surface area contributed by atoms with E-state index in [1.54, 1.807) is 12.1 Å². The normalized spacial score (nSPS) is 16.8. The number of halogens is 2. The zero-order valence-electron chi connectivity index (χ0n) is 22.0. The second-order valence-corrected chi connectivity index (χ2v) is 9.37. The number of carbonyl (C=O) groups excluding carboxylic acids is 1. The number of fused-ring (bicyclic) bond motifs is 3. The molecule has 0 aromatic heterocycles. The third-order valence-corrected chi connectivity index (χ3v) is 6.58. The first kappa shape index (κ1) is 30.6. The molecule has 1 aromatic rings. The molecule has 1 amide bonds. The topological polar surface area (TPSA) is 68.2 Å². The number of rotatable bonds is 15. The molecule has 0 saturated heterocycles. The number of hydrogen-bond donors (Lipinski definition) is 0. The van der Waals surface area contributed by atoms with E-state index < -0.39 is 23.5 Å². The first-order chi connectivity index (χ1) is 16.9. The molecule has 0 saturated carbocycles. The van der Waals surface area contributed by atoms with Gasteiger partial charge in [0.2, 0.25) is 5.84 Å². The molecule has 0 aliphatic carbocycles. The minimum absolute atomic E-state index is 0. The molecule has 194 valence electrons. The summed E-state index contributed by atoms with van der Waals surface area (Å²) >= 11 is 0. The molecule has 0 radical (unpaired) electrons. The summed E-state index contributed by atoms with van der Waals surface area (Å²) < 4.78 is 34.3. The Bertz CT molecular complexity index is 908. The van der Waals surface area contributed by atoms with Gasteiger partial charge in [0.15, 0.2) is 5.75 Å². The molecule has 36 heavy (non-hydrogen) atoms. The van der Waals surface area contributed by atoms with Gasteiger partial charge in [-0.15, -0.1) is 6.26 Å². The van der Waals surface area contributed by atoms with Gasteiger partial charge in [-0.2, -0.15) is 8.78 Å². The van der Waals surface area contributed by atoms with Gasteiger partial charge in [0.25, 0.3) is 5.91 Å². The molecule has 0 bridgehead atoms. The number of anilines is 2. The molecule has 3 rings (SSSR count). The van der Waals surface area contributed by atoms with Crippen LogP contribution in [0.2, 0.25) is 0 Å². The monoisotopic (exact) mass is 513 g/mol. The van der Waals surface area contributed by atoms with Gasteiger partial charge in [0.05, 0.1) is 5.69 Å². The summed E-state index contributed by atoms with van der Waals surface area (Å²) in [6.45, 7) is 6.09. The predicted molar refractivity (Wildman–Crippen MR) is 134 cm³/mol. The number of aliphatic imine (C=N–C) groups is 1. The molecule has 0 atom stereocenters. The van der Waals surface area contributed by atoms with Crippen molar-refractivity contribution in [3.63, 3.8) is 0 Å². The summed E-state index contributed by atoms with van der Waals surface area (Å²) in [5.74, 6) is -1.80. The summed E-state index contributed by atoms with van der Waals surface area (Å²) in [5, 5.41) is 11.1. The van der Waals surface area contributed by atoms with E-state index in [1.165, 1.54) is 51.4 Å². The fourth-order valence-corrected chi connectivity index (χ4v) is 4.60. The Morgan fingerprint density at radius 2 is 1.53 bits per heavy atom.